The Kier molecular flexibility index (Phi) is 3.04. The number of carboxylic acid groups (broad SMARTS) is 1. The maximum Gasteiger partial charge on any atom is 0.339 e. The van der Waals surface area contributed by atoms with Gasteiger partial charge in [-0.05, 0) is 20.8 Å². The summed E-state index contributed by atoms with van der Waals surface area (Å²) in [5, 5.41) is 8.81. The Morgan fingerprint density at radius 1 is 1.53 bits per heavy atom. The number of aromatic nitrogens is 2. The molecule has 0 aliphatic carbocycles. The molecule has 0 radical (unpaired) electrons. The van der Waals surface area contributed by atoms with Gasteiger partial charge in [-0.3, -0.25) is 0 Å². The second-order valence-electron chi connectivity index (χ2n) is 3.71. The summed E-state index contributed by atoms with van der Waals surface area (Å²) < 4.78 is 5.21. The van der Waals surface area contributed by atoms with Crippen LogP contribution in [0.3, 0.4) is 0 Å². The smallest absolute Gasteiger partial charge is 0.339 e. The van der Waals surface area contributed by atoms with Crippen molar-refractivity contribution in [2.45, 2.75) is 26.4 Å². The maximum absolute atomic E-state index is 10.7. The molecule has 0 saturated heterocycles. The maximum atomic E-state index is 10.7. The molecule has 1 N–H and O–H groups in total. The fourth-order valence-corrected chi connectivity index (χ4v) is 1.06. The van der Waals surface area contributed by atoms with E-state index >= 15 is 0 Å². The second kappa shape index (κ2) is 3.94. The van der Waals surface area contributed by atoms with Crippen molar-refractivity contribution >= 4 is 5.97 Å². The highest BCUT2D eigenvalue weighted by Crippen LogP contribution is 2.20. The molecule has 0 spiro atoms. The first-order valence-electron chi connectivity index (χ1n) is 4.51. The van der Waals surface area contributed by atoms with Gasteiger partial charge in [0.05, 0.1) is 11.3 Å². The minimum atomic E-state index is -1.02. The Labute approximate surface area is 88.1 Å². The minimum Gasteiger partial charge on any atom is -0.478 e. The van der Waals surface area contributed by atoms with Gasteiger partial charge in [0.25, 0.3) is 0 Å². The molecule has 0 aliphatic rings. The van der Waals surface area contributed by atoms with Crippen LogP contribution < -0.4 is 0 Å². The lowest BCUT2D eigenvalue weighted by Gasteiger charge is -2.21. The molecule has 0 atom stereocenters. The van der Waals surface area contributed by atoms with Crippen molar-refractivity contribution in [3.63, 3.8) is 0 Å². The lowest BCUT2D eigenvalue weighted by molar-refractivity contribution is 0.0112. The Balaban J connectivity index is 3.18. The molecule has 1 rings (SSSR count). The van der Waals surface area contributed by atoms with Crippen LogP contribution in [-0.2, 0) is 10.3 Å². The fourth-order valence-electron chi connectivity index (χ4n) is 1.06. The van der Waals surface area contributed by atoms with Crippen molar-refractivity contribution in [3.8, 4) is 0 Å². The van der Waals surface area contributed by atoms with Crippen LogP contribution in [0.2, 0.25) is 0 Å². The molecule has 82 valence electrons. The van der Waals surface area contributed by atoms with Crippen LogP contribution in [0.25, 0.3) is 0 Å². The first kappa shape index (κ1) is 11.6. The largest absolute Gasteiger partial charge is 0.478 e. The molecular weight excluding hydrogens is 196 g/mol. The van der Waals surface area contributed by atoms with E-state index in [2.05, 4.69) is 9.97 Å². The SMILES string of the molecule is COC(C)(C)c1ncc(C(=O)O)c(C)n1. The summed E-state index contributed by atoms with van der Waals surface area (Å²) in [6.07, 6.45) is 1.31. The number of hydrogen-bond acceptors (Lipinski definition) is 4. The van der Waals surface area contributed by atoms with E-state index in [4.69, 9.17) is 9.84 Å². The van der Waals surface area contributed by atoms with Gasteiger partial charge in [0.2, 0.25) is 0 Å². The lowest BCUT2D eigenvalue weighted by atomic mass is 10.1. The van der Waals surface area contributed by atoms with Crippen molar-refractivity contribution in [1.82, 2.24) is 9.97 Å². The molecule has 0 unspecified atom stereocenters. The van der Waals surface area contributed by atoms with Gasteiger partial charge in [0.1, 0.15) is 5.60 Å². The third kappa shape index (κ3) is 2.30. The number of nitrogens with zero attached hydrogens (tertiary/aromatic N) is 2. The molecule has 0 fully saturated rings. The second-order valence-corrected chi connectivity index (χ2v) is 3.71. The topological polar surface area (TPSA) is 72.3 Å². The molecule has 5 nitrogen and oxygen atoms in total. The summed E-state index contributed by atoms with van der Waals surface area (Å²) in [6.45, 7) is 5.28. The number of hydrogen-bond donors (Lipinski definition) is 1. The van der Waals surface area contributed by atoms with E-state index in [1.54, 1.807) is 14.0 Å². The number of rotatable bonds is 3. The normalized spacial score (nSPS) is 11.5. The summed E-state index contributed by atoms with van der Waals surface area (Å²) in [4.78, 5) is 18.8. The van der Waals surface area contributed by atoms with E-state index in [0.29, 0.717) is 11.5 Å². The number of ether oxygens (including phenoxy) is 1. The van der Waals surface area contributed by atoms with E-state index in [-0.39, 0.29) is 5.56 Å². The molecular formula is C10H14N2O3. The van der Waals surface area contributed by atoms with Crippen molar-refractivity contribution in [1.29, 1.82) is 0 Å². The molecule has 0 saturated carbocycles. The summed E-state index contributed by atoms with van der Waals surface area (Å²) >= 11 is 0. The summed E-state index contributed by atoms with van der Waals surface area (Å²) in [6, 6.07) is 0. The zero-order valence-corrected chi connectivity index (χ0v) is 9.24. The van der Waals surface area contributed by atoms with Crippen LogP contribution in [0.15, 0.2) is 6.20 Å². The Morgan fingerprint density at radius 2 is 2.13 bits per heavy atom. The average molecular weight is 210 g/mol. The summed E-state index contributed by atoms with van der Waals surface area (Å²) in [7, 11) is 1.56. The quantitative estimate of drug-likeness (QED) is 0.815. The zero-order valence-electron chi connectivity index (χ0n) is 9.24. The first-order chi connectivity index (χ1) is 6.88. The van der Waals surface area contributed by atoms with Crippen LogP contribution in [-0.4, -0.2) is 28.2 Å². The van der Waals surface area contributed by atoms with Crippen molar-refractivity contribution < 1.29 is 14.6 Å². The Morgan fingerprint density at radius 3 is 2.53 bits per heavy atom. The van der Waals surface area contributed by atoms with E-state index in [1.807, 2.05) is 13.8 Å². The van der Waals surface area contributed by atoms with Crippen molar-refractivity contribution in [2.75, 3.05) is 7.11 Å². The van der Waals surface area contributed by atoms with Crippen molar-refractivity contribution in [3.05, 3.63) is 23.3 Å². The highest BCUT2D eigenvalue weighted by Gasteiger charge is 2.24. The third-order valence-electron chi connectivity index (χ3n) is 2.26. The van der Waals surface area contributed by atoms with E-state index < -0.39 is 11.6 Å². The van der Waals surface area contributed by atoms with Gasteiger partial charge in [0.15, 0.2) is 5.82 Å². The average Bonchev–Trinajstić information content (AvgIpc) is 2.17. The lowest BCUT2D eigenvalue weighted by Crippen LogP contribution is -2.24. The summed E-state index contributed by atoms with van der Waals surface area (Å²) in [5.41, 5.74) is -0.0507. The number of aromatic carboxylic acids is 1. The summed E-state index contributed by atoms with van der Waals surface area (Å²) in [5.74, 6) is -0.540. The molecule has 0 bridgehead atoms. The molecule has 1 aromatic heterocycles. The van der Waals surface area contributed by atoms with Crippen LogP contribution in [0.1, 0.15) is 35.7 Å². The number of aryl methyl sites for hydroxylation is 1. The van der Waals surface area contributed by atoms with Crippen molar-refractivity contribution in [2.24, 2.45) is 0 Å². The number of methoxy groups -OCH3 is 1. The zero-order chi connectivity index (χ0) is 11.6. The Bertz CT molecular complexity index is 388. The molecule has 0 aromatic carbocycles. The van der Waals surface area contributed by atoms with E-state index in [9.17, 15) is 4.79 Å². The predicted octanol–water partition coefficient (Wildman–Crippen LogP) is 1.36. The highest BCUT2D eigenvalue weighted by atomic mass is 16.5. The molecule has 1 aromatic rings. The van der Waals surface area contributed by atoms with Gasteiger partial charge in [-0.25, -0.2) is 14.8 Å². The third-order valence-corrected chi connectivity index (χ3v) is 2.26. The van der Waals surface area contributed by atoms with Crippen LogP contribution >= 0.6 is 0 Å². The van der Waals surface area contributed by atoms with Gasteiger partial charge < -0.3 is 9.84 Å². The number of carboxylic acids is 1. The monoisotopic (exact) mass is 210 g/mol. The van der Waals surface area contributed by atoms with Gasteiger partial charge >= 0.3 is 5.97 Å². The van der Waals surface area contributed by atoms with Gasteiger partial charge in [0, 0.05) is 13.3 Å². The van der Waals surface area contributed by atoms with E-state index in [0.717, 1.165) is 0 Å². The molecule has 15 heavy (non-hydrogen) atoms. The molecule has 0 amide bonds. The molecule has 0 aliphatic heterocycles. The Hall–Kier alpha value is -1.49. The van der Waals surface area contributed by atoms with Crippen LogP contribution in [0.5, 0.6) is 0 Å². The standard InChI is InChI=1S/C10H14N2O3/c1-6-7(8(13)14)5-11-9(12-6)10(2,3)15-4/h5H,1-4H3,(H,13,14). The van der Waals surface area contributed by atoms with Gasteiger partial charge in [-0.15, -0.1) is 0 Å². The highest BCUT2D eigenvalue weighted by molar-refractivity contribution is 5.88. The minimum absolute atomic E-state index is 0.116. The first-order valence-corrected chi connectivity index (χ1v) is 4.51. The number of carbonyl (C=O) groups is 1. The molecule has 1 heterocycles. The van der Waals surface area contributed by atoms with Gasteiger partial charge in [-0.2, -0.15) is 0 Å². The molecule has 5 heteroatoms. The fraction of sp³-hybridized carbons (Fsp3) is 0.500. The predicted molar refractivity (Wildman–Crippen MR) is 53.8 cm³/mol. The van der Waals surface area contributed by atoms with Crippen LogP contribution in [0.4, 0.5) is 0 Å². The van der Waals surface area contributed by atoms with Gasteiger partial charge in [-0.1, -0.05) is 0 Å². The van der Waals surface area contributed by atoms with Crippen LogP contribution in [0, 0.1) is 6.92 Å². The van der Waals surface area contributed by atoms with E-state index in [1.165, 1.54) is 6.20 Å².